The summed E-state index contributed by atoms with van der Waals surface area (Å²) < 4.78 is 10.8. The molecule has 90 valence electrons. The Labute approximate surface area is 98.2 Å². The lowest BCUT2D eigenvalue weighted by Gasteiger charge is -2.09. The summed E-state index contributed by atoms with van der Waals surface area (Å²) in [5.41, 5.74) is 1.21. The van der Waals surface area contributed by atoms with Crippen LogP contribution in [0.1, 0.15) is 34.6 Å². The Morgan fingerprint density at radius 1 is 1.19 bits per heavy atom. The van der Waals surface area contributed by atoms with Crippen molar-refractivity contribution in [2.75, 3.05) is 6.61 Å². The van der Waals surface area contributed by atoms with Crippen molar-refractivity contribution in [3.8, 4) is 0 Å². The molecular weight excluding hydrogens is 202 g/mol. The van der Waals surface area contributed by atoms with Crippen LogP contribution in [0.2, 0.25) is 0 Å². The number of aliphatic imine (C=N–C) groups is 1. The molecule has 3 nitrogen and oxygen atoms in total. The first-order valence-electron chi connectivity index (χ1n) is 5.31. The first-order valence-corrected chi connectivity index (χ1v) is 5.31. The van der Waals surface area contributed by atoms with Gasteiger partial charge in [-0.2, -0.15) is 0 Å². The zero-order chi connectivity index (χ0) is 12.6. The summed E-state index contributed by atoms with van der Waals surface area (Å²) in [7, 11) is 0. The number of hydrogen-bond donors (Lipinski definition) is 0. The Hall–Kier alpha value is -1.51. The molecule has 0 heterocycles. The number of rotatable bonds is 6. The largest absolute Gasteiger partial charge is 0.493 e. The van der Waals surface area contributed by atoms with Crippen molar-refractivity contribution in [1.29, 1.82) is 0 Å². The molecule has 0 aromatic heterocycles. The molecule has 0 saturated carbocycles. The van der Waals surface area contributed by atoms with E-state index in [-0.39, 0.29) is 0 Å². The van der Waals surface area contributed by atoms with E-state index in [1.807, 2.05) is 46.8 Å². The molecule has 0 unspecified atom stereocenters. The van der Waals surface area contributed by atoms with Crippen molar-refractivity contribution in [1.82, 2.24) is 0 Å². The summed E-state index contributed by atoms with van der Waals surface area (Å²) in [6.07, 6.45) is 3.87. The van der Waals surface area contributed by atoms with Crippen molar-refractivity contribution >= 4 is 6.72 Å². The number of allylic oxidation sites excluding steroid dienone is 5. The monoisotopic (exact) mass is 223 g/mol. The highest BCUT2D eigenvalue weighted by Gasteiger charge is 2.03. The van der Waals surface area contributed by atoms with Gasteiger partial charge in [-0.1, -0.05) is 11.6 Å². The molecule has 0 spiro atoms. The van der Waals surface area contributed by atoms with Crippen LogP contribution in [0.15, 0.2) is 40.1 Å². The molecule has 3 heteroatoms. The van der Waals surface area contributed by atoms with Crippen LogP contribution >= 0.6 is 0 Å². The van der Waals surface area contributed by atoms with E-state index in [9.17, 15) is 0 Å². The Kier molecular flexibility index (Phi) is 7.01. The molecule has 0 saturated heterocycles. The van der Waals surface area contributed by atoms with Crippen LogP contribution in [-0.4, -0.2) is 13.3 Å². The van der Waals surface area contributed by atoms with Gasteiger partial charge in [-0.15, -0.1) is 0 Å². The quantitative estimate of drug-likeness (QED) is 0.389. The molecule has 0 aromatic carbocycles. The smallest absolute Gasteiger partial charge is 0.256 e. The molecule has 0 atom stereocenters. The molecule has 0 aliphatic rings. The van der Waals surface area contributed by atoms with Gasteiger partial charge in [-0.05, 0) is 47.4 Å². The third kappa shape index (κ3) is 6.06. The van der Waals surface area contributed by atoms with E-state index < -0.39 is 0 Å². The fraction of sp³-hybridized carbons (Fsp3) is 0.462. The molecule has 0 bridgehead atoms. The molecule has 0 radical (unpaired) electrons. The Morgan fingerprint density at radius 3 is 2.25 bits per heavy atom. The molecule has 0 aliphatic heterocycles. The molecule has 0 amide bonds. The third-order valence-corrected chi connectivity index (χ3v) is 1.71. The molecule has 0 aliphatic carbocycles. The Morgan fingerprint density at radius 2 is 1.81 bits per heavy atom. The topological polar surface area (TPSA) is 30.8 Å². The van der Waals surface area contributed by atoms with Gasteiger partial charge >= 0.3 is 0 Å². The highest BCUT2D eigenvalue weighted by molar-refractivity contribution is 5.28. The summed E-state index contributed by atoms with van der Waals surface area (Å²) in [4.78, 5) is 3.79. The van der Waals surface area contributed by atoms with E-state index in [4.69, 9.17) is 9.47 Å². The summed E-state index contributed by atoms with van der Waals surface area (Å²) in [5, 5.41) is 0. The second kappa shape index (κ2) is 7.74. The molecule has 0 fully saturated rings. The van der Waals surface area contributed by atoms with Gasteiger partial charge in [0.1, 0.15) is 5.76 Å². The zero-order valence-corrected chi connectivity index (χ0v) is 10.8. The van der Waals surface area contributed by atoms with E-state index in [0.717, 1.165) is 5.76 Å². The first-order chi connectivity index (χ1) is 7.51. The van der Waals surface area contributed by atoms with Crippen LogP contribution in [0.25, 0.3) is 0 Å². The van der Waals surface area contributed by atoms with E-state index in [2.05, 4.69) is 11.7 Å². The SMILES string of the molecule is C=N/C(O/C(C)=C/C=C(C)C)=C(/C)OCC. The van der Waals surface area contributed by atoms with E-state index in [0.29, 0.717) is 18.2 Å². The minimum Gasteiger partial charge on any atom is -0.493 e. The highest BCUT2D eigenvalue weighted by Crippen LogP contribution is 2.13. The van der Waals surface area contributed by atoms with Crippen LogP contribution in [0.3, 0.4) is 0 Å². The van der Waals surface area contributed by atoms with Crippen LogP contribution < -0.4 is 0 Å². The van der Waals surface area contributed by atoms with Gasteiger partial charge in [0.05, 0.1) is 6.61 Å². The van der Waals surface area contributed by atoms with Crippen molar-refractivity contribution in [2.24, 2.45) is 4.99 Å². The maximum absolute atomic E-state index is 5.51. The molecule has 16 heavy (non-hydrogen) atoms. The van der Waals surface area contributed by atoms with E-state index in [1.165, 1.54) is 5.57 Å². The predicted octanol–water partition coefficient (Wildman–Crippen LogP) is 3.80. The van der Waals surface area contributed by atoms with Crippen LogP contribution in [0.5, 0.6) is 0 Å². The minimum absolute atomic E-state index is 0.415. The van der Waals surface area contributed by atoms with Crippen LogP contribution in [-0.2, 0) is 9.47 Å². The number of hydrogen-bond acceptors (Lipinski definition) is 3. The average Bonchev–Trinajstić information content (AvgIpc) is 2.23. The zero-order valence-electron chi connectivity index (χ0n) is 10.8. The second-order valence-corrected chi connectivity index (χ2v) is 3.58. The molecule has 0 aromatic rings. The van der Waals surface area contributed by atoms with Crippen molar-refractivity contribution < 1.29 is 9.47 Å². The summed E-state index contributed by atoms with van der Waals surface area (Å²) in [6, 6.07) is 0. The fourth-order valence-corrected chi connectivity index (χ4v) is 0.964. The van der Waals surface area contributed by atoms with Crippen molar-refractivity contribution in [3.63, 3.8) is 0 Å². The first kappa shape index (κ1) is 14.5. The molecule has 0 rings (SSSR count). The maximum Gasteiger partial charge on any atom is 0.256 e. The van der Waals surface area contributed by atoms with Crippen LogP contribution in [0, 0.1) is 0 Å². The van der Waals surface area contributed by atoms with Gasteiger partial charge in [0.25, 0.3) is 5.88 Å². The molecular formula is C13H21NO2. The fourth-order valence-electron chi connectivity index (χ4n) is 0.964. The lowest BCUT2D eigenvalue weighted by atomic mass is 10.3. The normalized spacial score (nSPS) is 12.7. The standard InChI is InChI=1S/C13H21NO2/c1-7-15-12(5)13(14-6)16-11(4)9-8-10(2)3/h8-9H,6-7H2,1-5H3/b11-9+,13-12+. The number of nitrogens with zero attached hydrogens (tertiary/aromatic N) is 1. The summed E-state index contributed by atoms with van der Waals surface area (Å²) >= 11 is 0. The predicted molar refractivity (Wildman–Crippen MR) is 68.1 cm³/mol. The van der Waals surface area contributed by atoms with Crippen LogP contribution in [0.4, 0.5) is 0 Å². The van der Waals surface area contributed by atoms with E-state index >= 15 is 0 Å². The lowest BCUT2D eigenvalue weighted by Crippen LogP contribution is -1.96. The van der Waals surface area contributed by atoms with E-state index in [1.54, 1.807) is 0 Å². The Balaban J connectivity index is 4.67. The third-order valence-electron chi connectivity index (χ3n) is 1.71. The maximum atomic E-state index is 5.51. The average molecular weight is 223 g/mol. The minimum atomic E-state index is 0.415. The molecule has 0 N–H and O–H groups in total. The van der Waals surface area contributed by atoms with Crippen molar-refractivity contribution in [3.05, 3.63) is 35.1 Å². The van der Waals surface area contributed by atoms with Gasteiger partial charge in [-0.3, -0.25) is 0 Å². The van der Waals surface area contributed by atoms with Gasteiger partial charge in [0.2, 0.25) is 0 Å². The van der Waals surface area contributed by atoms with Gasteiger partial charge in [0, 0.05) is 0 Å². The van der Waals surface area contributed by atoms with Gasteiger partial charge in [0.15, 0.2) is 5.76 Å². The van der Waals surface area contributed by atoms with Gasteiger partial charge in [-0.25, -0.2) is 4.99 Å². The lowest BCUT2D eigenvalue weighted by molar-refractivity contribution is 0.192. The summed E-state index contributed by atoms with van der Waals surface area (Å²) in [6.45, 7) is 13.7. The van der Waals surface area contributed by atoms with Gasteiger partial charge < -0.3 is 9.47 Å². The Bertz CT molecular complexity index is 321. The van der Waals surface area contributed by atoms with Crippen molar-refractivity contribution in [2.45, 2.75) is 34.6 Å². The highest BCUT2D eigenvalue weighted by atomic mass is 16.5. The summed E-state index contributed by atoms with van der Waals surface area (Å²) in [5.74, 6) is 1.81. The second-order valence-electron chi connectivity index (χ2n) is 3.58. The number of ether oxygens (including phenoxy) is 2.